The molecule has 0 radical (unpaired) electrons. The van der Waals surface area contributed by atoms with Crippen LogP contribution >= 0.6 is 7.82 Å². The molecular weight excluding hydrogens is 329 g/mol. The molecule has 1 rings (SSSR count). The van der Waals surface area contributed by atoms with Gasteiger partial charge in [-0.25, -0.2) is 4.57 Å². The van der Waals surface area contributed by atoms with Gasteiger partial charge in [0, 0.05) is 11.1 Å². The first-order valence-electron chi connectivity index (χ1n) is 7.69. The van der Waals surface area contributed by atoms with E-state index in [1.54, 1.807) is 12.1 Å². The minimum atomic E-state index is -4.68. The van der Waals surface area contributed by atoms with E-state index >= 15 is 0 Å². The van der Waals surface area contributed by atoms with Gasteiger partial charge in [-0.05, 0) is 23.0 Å². The van der Waals surface area contributed by atoms with E-state index < -0.39 is 13.2 Å². The van der Waals surface area contributed by atoms with Gasteiger partial charge in [0.05, 0.1) is 12.5 Å². The molecule has 0 saturated heterocycles. The van der Waals surface area contributed by atoms with Crippen LogP contribution < -0.4 is 9.26 Å². The Hall–Kier alpha value is -1.54. The van der Waals surface area contributed by atoms with E-state index in [-0.39, 0.29) is 24.2 Å². The molecule has 6 nitrogen and oxygen atoms in total. The highest BCUT2D eigenvalue weighted by Crippen LogP contribution is 2.46. The van der Waals surface area contributed by atoms with Crippen LogP contribution in [0.15, 0.2) is 12.1 Å². The summed E-state index contributed by atoms with van der Waals surface area (Å²) in [6, 6.07) is 5.41. The standard InChI is InChI=1S/C17H26NO5P/c1-16(2,3)12-11-15(23-24(19,20)21)13(17(4,5)6)10-14(12)22-9-7-8-18/h10-11H,7,9H2,1-6H3,(H2,19,20,21). The number of nitriles is 1. The molecule has 0 spiro atoms. The summed E-state index contributed by atoms with van der Waals surface area (Å²) in [6.07, 6.45) is 0.259. The van der Waals surface area contributed by atoms with Crippen molar-refractivity contribution in [1.29, 1.82) is 5.26 Å². The Kier molecular flexibility index (Phi) is 6.10. The van der Waals surface area contributed by atoms with Crippen molar-refractivity contribution in [3.05, 3.63) is 23.3 Å². The first-order chi connectivity index (χ1) is 10.8. The lowest BCUT2D eigenvalue weighted by molar-refractivity contribution is 0.279. The molecule has 2 N–H and O–H groups in total. The SMILES string of the molecule is CC(C)(C)c1cc(OP(=O)(O)O)c(C(C)(C)C)cc1OCCC#N. The summed E-state index contributed by atoms with van der Waals surface area (Å²) in [5.41, 5.74) is 0.655. The maximum Gasteiger partial charge on any atom is 0.524 e. The number of phosphoric ester groups is 1. The lowest BCUT2D eigenvalue weighted by Gasteiger charge is -2.29. The van der Waals surface area contributed by atoms with Crippen molar-refractivity contribution in [1.82, 2.24) is 0 Å². The summed E-state index contributed by atoms with van der Waals surface area (Å²) in [6.45, 7) is 11.9. The van der Waals surface area contributed by atoms with Crippen LogP contribution in [0.1, 0.15) is 59.1 Å². The van der Waals surface area contributed by atoms with Gasteiger partial charge in [0.25, 0.3) is 0 Å². The number of benzene rings is 1. The highest BCUT2D eigenvalue weighted by Gasteiger charge is 2.29. The summed E-state index contributed by atoms with van der Waals surface area (Å²) in [5.74, 6) is 0.745. The topological polar surface area (TPSA) is 99.8 Å². The molecule has 0 atom stereocenters. The van der Waals surface area contributed by atoms with E-state index in [0.717, 1.165) is 5.56 Å². The van der Waals surface area contributed by atoms with Crippen LogP contribution in [0.2, 0.25) is 0 Å². The molecule has 0 saturated carbocycles. The van der Waals surface area contributed by atoms with Crippen LogP contribution in [0.3, 0.4) is 0 Å². The third-order valence-electron chi connectivity index (χ3n) is 3.39. The van der Waals surface area contributed by atoms with Gasteiger partial charge in [-0.1, -0.05) is 41.5 Å². The van der Waals surface area contributed by atoms with Crippen LogP contribution in [0.25, 0.3) is 0 Å². The van der Waals surface area contributed by atoms with Crippen molar-refractivity contribution < 1.29 is 23.6 Å². The van der Waals surface area contributed by atoms with Crippen LogP contribution in [0, 0.1) is 11.3 Å². The molecule has 0 fully saturated rings. The lowest BCUT2D eigenvalue weighted by atomic mass is 9.81. The van der Waals surface area contributed by atoms with Crippen molar-refractivity contribution in [2.75, 3.05) is 6.61 Å². The summed E-state index contributed by atoms with van der Waals surface area (Å²) >= 11 is 0. The first-order valence-corrected chi connectivity index (χ1v) is 9.22. The van der Waals surface area contributed by atoms with Gasteiger partial charge in [-0.2, -0.15) is 5.26 Å². The first kappa shape index (κ1) is 20.5. The highest BCUT2D eigenvalue weighted by molar-refractivity contribution is 7.46. The fourth-order valence-corrected chi connectivity index (χ4v) is 2.67. The Labute approximate surface area is 143 Å². The van der Waals surface area contributed by atoms with Crippen LogP contribution in [-0.4, -0.2) is 16.4 Å². The van der Waals surface area contributed by atoms with E-state index in [2.05, 4.69) is 0 Å². The summed E-state index contributed by atoms with van der Waals surface area (Å²) in [5, 5.41) is 8.69. The van der Waals surface area contributed by atoms with Gasteiger partial charge in [-0.15, -0.1) is 0 Å². The predicted molar refractivity (Wildman–Crippen MR) is 92.2 cm³/mol. The molecular formula is C17H26NO5P. The molecule has 0 aliphatic rings. The van der Waals surface area contributed by atoms with Gasteiger partial charge in [-0.3, -0.25) is 9.79 Å². The quantitative estimate of drug-likeness (QED) is 0.611. The van der Waals surface area contributed by atoms with Crippen LogP contribution in [0.4, 0.5) is 0 Å². The molecule has 1 aromatic rings. The zero-order valence-electron chi connectivity index (χ0n) is 15.1. The van der Waals surface area contributed by atoms with E-state index in [1.807, 2.05) is 47.6 Å². The molecule has 0 bridgehead atoms. The third-order valence-corrected chi connectivity index (χ3v) is 3.82. The lowest BCUT2D eigenvalue weighted by Crippen LogP contribution is -2.18. The molecule has 1 aromatic carbocycles. The zero-order valence-corrected chi connectivity index (χ0v) is 16.0. The van der Waals surface area contributed by atoms with Crippen LogP contribution in [0.5, 0.6) is 11.5 Å². The fourth-order valence-electron chi connectivity index (χ4n) is 2.26. The van der Waals surface area contributed by atoms with Crippen molar-refractivity contribution in [2.24, 2.45) is 0 Å². The van der Waals surface area contributed by atoms with Gasteiger partial charge >= 0.3 is 7.82 Å². The van der Waals surface area contributed by atoms with E-state index in [9.17, 15) is 14.4 Å². The Balaban J connectivity index is 3.54. The average Bonchev–Trinajstić information content (AvgIpc) is 2.35. The number of phosphoric acid groups is 1. The summed E-state index contributed by atoms with van der Waals surface area (Å²) in [7, 11) is -4.68. The van der Waals surface area contributed by atoms with E-state index in [4.69, 9.17) is 14.5 Å². The molecule has 0 aliphatic carbocycles. The number of hydrogen-bond acceptors (Lipinski definition) is 4. The normalized spacial score (nSPS) is 12.6. The van der Waals surface area contributed by atoms with Crippen molar-refractivity contribution in [3.63, 3.8) is 0 Å². The molecule has 7 heteroatoms. The number of nitrogens with zero attached hydrogens (tertiary/aromatic N) is 1. The van der Waals surface area contributed by atoms with E-state index in [0.29, 0.717) is 11.3 Å². The maximum absolute atomic E-state index is 11.3. The number of ether oxygens (including phenoxy) is 1. The summed E-state index contributed by atoms with van der Waals surface area (Å²) < 4.78 is 22.0. The summed E-state index contributed by atoms with van der Waals surface area (Å²) in [4.78, 5) is 18.4. The molecule has 0 unspecified atom stereocenters. The van der Waals surface area contributed by atoms with Crippen LogP contribution in [-0.2, 0) is 15.4 Å². The minimum Gasteiger partial charge on any atom is -0.492 e. The predicted octanol–water partition coefficient (Wildman–Crippen LogP) is 4.05. The van der Waals surface area contributed by atoms with Crippen molar-refractivity contribution >= 4 is 7.82 Å². The Bertz CT molecular complexity index is 674. The Morgan fingerprint density at radius 2 is 1.50 bits per heavy atom. The maximum atomic E-state index is 11.3. The monoisotopic (exact) mass is 355 g/mol. The van der Waals surface area contributed by atoms with E-state index in [1.165, 1.54) is 0 Å². The Morgan fingerprint density at radius 1 is 1.04 bits per heavy atom. The van der Waals surface area contributed by atoms with Crippen molar-refractivity contribution in [3.8, 4) is 17.6 Å². The molecule has 0 amide bonds. The zero-order chi connectivity index (χ0) is 18.8. The second-order valence-corrected chi connectivity index (χ2v) is 8.85. The largest absolute Gasteiger partial charge is 0.524 e. The number of hydrogen-bond donors (Lipinski definition) is 2. The van der Waals surface area contributed by atoms with Crippen molar-refractivity contribution in [2.45, 2.75) is 58.8 Å². The second-order valence-electron chi connectivity index (χ2n) is 7.68. The van der Waals surface area contributed by atoms with Gasteiger partial charge < -0.3 is 9.26 Å². The van der Waals surface area contributed by atoms with Gasteiger partial charge in [0.1, 0.15) is 18.1 Å². The molecule has 0 aliphatic heterocycles. The Morgan fingerprint density at radius 3 is 1.92 bits per heavy atom. The van der Waals surface area contributed by atoms with Gasteiger partial charge in [0.2, 0.25) is 0 Å². The third kappa shape index (κ3) is 5.83. The van der Waals surface area contributed by atoms with Gasteiger partial charge in [0.15, 0.2) is 0 Å². The fraction of sp³-hybridized carbons (Fsp3) is 0.588. The smallest absolute Gasteiger partial charge is 0.492 e. The molecule has 0 aromatic heterocycles. The molecule has 0 heterocycles. The average molecular weight is 355 g/mol. The number of rotatable bonds is 5. The molecule has 134 valence electrons. The molecule has 24 heavy (non-hydrogen) atoms. The highest BCUT2D eigenvalue weighted by atomic mass is 31.2. The minimum absolute atomic E-state index is 0.147. The second kappa shape index (κ2) is 7.14.